The third kappa shape index (κ3) is 4.64. The van der Waals surface area contributed by atoms with E-state index in [1.54, 1.807) is 4.90 Å². The first kappa shape index (κ1) is 19.3. The molecule has 0 unspecified atom stereocenters. The molecule has 27 heavy (non-hydrogen) atoms. The monoisotopic (exact) mass is 391 g/mol. The molecule has 1 saturated heterocycles. The van der Waals surface area contributed by atoms with Crippen molar-refractivity contribution in [2.24, 2.45) is 0 Å². The first-order chi connectivity index (χ1) is 12.9. The Hall–Kier alpha value is -2.45. The van der Waals surface area contributed by atoms with Crippen LogP contribution >= 0.6 is 0 Å². The Labute approximate surface area is 158 Å². The third-order valence-electron chi connectivity index (χ3n) is 4.59. The second kappa shape index (κ2) is 8.06. The van der Waals surface area contributed by atoms with E-state index in [9.17, 15) is 17.6 Å². The smallest absolute Gasteiger partial charge is 0.241 e. The minimum atomic E-state index is -3.87. The number of nitrogens with one attached hydrogen (secondary N) is 1. The number of carbonyl (C=O) groups excluding carboxylic acids is 1. The highest BCUT2D eigenvalue weighted by molar-refractivity contribution is 7.89. The van der Waals surface area contributed by atoms with Crippen molar-refractivity contribution >= 4 is 21.6 Å². The van der Waals surface area contributed by atoms with Gasteiger partial charge >= 0.3 is 0 Å². The molecule has 0 spiro atoms. The van der Waals surface area contributed by atoms with Crippen molar-refractivity contribution in [3.8, 4) is 0 Å². The SMILES string of the molecule is Cc1cc(F)ccc1S(=O)(=O)NCC(=O)N1CCN(c2ccccc2)CC1. The van der Waals surface area contributed by atoms with E-state index in [2.05, 4.69) is 9.62 Å². The Balaban J connectivity index is 1.55. The first-order valence-electron chi connectivity index (χ1n) is 8.70. The number of sulfonamides is 1. The maximum Gasteiger partial charge on any atom is 0.241 e. The number of amides is 1. The van der Waals surface area contributed by atoms with Gasteiger partial charge in [0.1, 0.15) is 5.82 Å². The quantitative estimate of drug-likeness (QED) is 0.843. The summed E-state index contributed by atoms with van der Waals surface area (Å²) in [6.07, 6.45) is 0. The number of piperazine rings is 1. The van der Waals surface area contributed by atoms with Crippen LogP contribution in [0.3, 0.4) is 0 Å². The first-order valence-corrected chi connectivity index (χ1v) is 10.2. The molecule has 6 nitrogen and oxygen atoms in total. The van der Waals surface area contributed by atoms with Gasteiger partial charge in [-0.1, -0.05) is 18.2 Å². The molecule has 0 saturated carbocycles. The van der Waals surface area contributed by atoms with Crippen molar-refractivity contribution < 1.29 is 17.6 Å². The summed E-state index contributed by atoms with van der Waals surface area (Å²) in [6.45, 7) is 3.65. The normalized spacial score (nSPS) is 15.0. The maximum absolute atomic E-state index is 13.2. The summed E-state index contributed by atoms with van der Waals surface area (Å²) in [4.78, 5) is 16.2. The second-order valence-corrected chi connectivity index (χ2v) is 8.17. The summed E-state index contributed by atoms with van der Waals surface area (Å²) in [6, 6.07) is 13.4. The average Bonchev–Trinajstić information content (AvgIpc) is 2.67. The van der Waals surface area contributed by atoms with Gasteiger partial charge in [0, 0.05) is 31.9 Å². The molecule has 3 rings (SSSR count). The third-order valence-corrected chi connectivity index (χ3v) is 6.16. The van der Waals surface area contributed by atoms with Crippen molar-refractivity contribution in [1.82, 2.24) is 9.62 Å². The molecule has 2 aromatic rings. The van der Waals surface area contributed by atoms with Crippen LogP contribution in [0.5, 0.6) is 0 Å². The van der Waals surface area contributed by atoms with E-state index in [-0.39, 0.29) is 17.3 Å². The van der Waals surface area contributed by atoms with Crippen LogP contribution in [0.15, 0.2) is 53.4 Å². The number of halogens is 1. The van der Waals surface area contributed by atoms with Crippen molar-refractivity contribution in [3.63, 3.8) is 0 Å². The average molecular weight is 391 g/mol. The molecule has 1 aliphatic heterocycles. The number of hydrogen-bond acceptors (Lipinski definition) is 4. The van der Waals surface area contributed by atoms with E-state index in [0.29, 0.717) is 31.7 Å². The number of hydrogen-bond donors (Lipinski definition) is 1. The molecule has 1 amide bonds. The summed E-state index contributed by atoms with van der Waals surface area (Å²) in [5.74, 6) is -0.773. The van der Waals surface area contributed by atoms with Crippen LogP contribution < -0.4 is 9.62 Å². The van der Waals surface area contributed by atoms with Crippen LogP contribution in [-0.4, -0.2) is 51.9 Å². The molecule has 8 heteroatoms. The molecule has 1 N–H and O–H groups in total. The van der Waals surface area contributed by atoms with E-state index in [1.807, 2.05) is 30.3 Å². The Bertz CT molecular complexity index is 911. The van der Waals surface area contributed by atoms with Gasteiger partial charge in [0.15, 0.2) is 0 Å². The minimum Gasteiger partial charge on any atom is -0.368 e. The van der Waals surface area contributed by atoms with Crippen LogP contribution in [-0.2, 0) is 14.8 Å². The zero-order valence-corrected chi connectivity index (χ0v) is 15.9. The minimum absolute atomic E-state index is 0.0226. The van der Waals surface area contributed by atoms with E-state index in [0.717, 1.165) is 17.8 Å². The standard InChI is InChI=1S/C19H22FN3O3S/c1-15-13-16(20)7-8-18(15)27(25,26)21-14-19(24)23-11-9-22(10-12-23)17-5-3-2-4-6-17/h2-8,13,21H,9-12,14H2,1H3. The largest absolute Gasteiger partial charge is 0.368 e. The Morgan fingerprint density at radius 2 is 1.74 bits per heavy atom. The topological polar surface area (TPSA) is 69.7 Å². The van der Waals surface area contributed by atoms with Crippen LogP contribution in [0, 0.1) is 12.7 Å². The van der Waals surface area contributed by atoms with Gasteiger partial charge in [-0.3, -0.25) is 4.79 Å². The van der Waals surface area contributed by atoms with E-state index in [4.69, 9.17) is 0 Å². The number of anilines is 1. The summed E-state index contributed by atoms with van der Waals surface area (Å²) in [5, 5.41) is 0. The summed E-state index contributed by atoms with van der Waals surface area (Å²) in [5.41, 5.74) is 1.41. The van der Waals surface area contributed by atoms with E-state index in [1.165, 1.54) is 13.0 Å². The van der Waals surface area contributed by atoms with Gasteiger partial charge in [-0.25, -0.2) is 17.5 Å². The lowest BCUT2D eigenvalue weighted by Crippen LogP contribution is -2.51. The Morgan fingerprint density at radius 1 is 1.07 bits per heavy atom. The fourth-order valence-electron chi connectivity index (χ4n) is 3.11. The fraction of sp³-hybridized carbons (Fsp3) is 0.316. The summed E-state index contributed by atoms with van der Waals surface area (Å²) in [7, 11) is -3.87. The number of rotatable bonds is 5. The Kier molecular flexibility index (Phi) is 5.76. The van der Waals surface area contributed by atoms with Crippen molar-refractivity contribution in [2.75, 3.05) is 37.6 Å². The van der Waals surface area contributed by atoms with Gasteiger partial charge in [0.05, 0.1) is 11.4 Å². The number of benzene rings is 2. The van der Waals surface area contributed by atoms with Crippen LogP contribution in [0.2, 0.25) is 0 Å². The molecule has 0 bridgehead atoms. The molecule has 0 atom stereocenters. The predicted octanol–water partition coefficient (Wildman–Crippen LogP) is 1.76. The zero-order chi connectivity index (χ0) is 19.4. The lowest BCUT2D eigenvalue weighted by atomic mass is 10.2. The van der Waals surface area contributed by atoms with Gasteiger partial charge < -0.3 is 9.80 Å². The van der Waals surface area contributed by atoms with Crippen molar-refractivity contribution in [3.05, 3.63) is 59.9 Å². The molecule has 1 aliphatic rings. The predicted molar refractivity (Wildman–Crippen MR) is 102 cm³/mol. The second-order valence-electron chi connectivity index (χ2n) is 6.44. The lowest BCUT2D eigenvalue weighted by Gasteiger charge is -2.36. The molecule has 0 aliphatic carbocycles. The van der Waals surface area contributed by atoms with Gasteiger partial charge in [-0.15, -0.1) is 0 Å². The van der Waals surface area contributed by atoms with Crippen LogP contribution in [0.1, 0.15) is 5.56 Å². The lowest BCUT2D eigenvalue weighted by molar-refractivity contribution is -0.130. The highest BCUT2D eigenvalue weighted by atomic mass is 32.2. The van der Waals surface area contributed by atoms with E-state index < -0.39 is 15.8 Å². The molecule has 1 heterocycles. The number of carbonyl (C=O) groups is 1. The molecular formula is C19H22FN3O3S. The van der Waals surface area contributed by atoms with Crippen molar-refractivity contribution in [2.45, 2.75) is 11.8 Å². The fourth-order valence-corrected chi connectivity index (χ4v) is 4.31. The van der Waals surface area contributed by atoms with Crippen LogP contribution in [0.4, 0.5) is 10.1 Å². The number of aryl methyl sites for hydroxylation is 1. The van der Waals surface area contributed by atoms with E-state index >= 15 is 0 Å². The highest BCUT2D eigenvalue weighted by Gasteiger charge is 2.24. The summed E-state index contributed by atoms with van der Waals surface area (Å²) < 4.78 is 40.2. The molecule has 1 fully saturated rings. The Morgan fingerprint density at radius 3 is 2.37 bits per heavy atom. The van der Waals surface area contributed by atoms with Crippen molar-refractivity contribution in [1.29, 1.82) is 0 Å². The zero-order valence-electron chi connectivity index (χ0n) is 15.1. The van der Waals surface area contributed by atoms with Gasteiger partial charge in [-0.05, 0) is 42.8 Å². The molecule has 2 aromatic carbocycles. The van der Waals surface area contributed by atoms with Gasteiger partial charge in [0.2, 0.25) is 15.9 Å². The highest BCUT2D eigenvalue weighted by Crippen LogP contribution is 2.17. The number of para-hydroxylation sites is 1. The summed E-state index contributed by atoms with van der Waals surface area (Å²) >= 11 is 0. The maximum atomic E-state index is 13.2. The molecular weight excluding hydrogens is 369 g/mol. The van der Waals surface area contributed by atoms with Gasteiger partial charge in [0.25, 0.3) is 0 Å². The molecule has 0 radical (unpaired) electrons. The molecule has 144 valence electrons. The van der Waals surface area contributed by atoms with Crippen LogP contribution in [0.25, 0.3) is 0 Å². The van der Waals surface area contributed by atoms with Gasteiger partial charge in [-0.2, -0.15) is 0 Å². The molecule has 0 aromatic heterocycles. The number of nitrogens with zero attached hydrogens (tertiary/aromatic N) is 2.